The van der Waals surface area contributed by atoms with Gasteiger partial charge in [-0.15, -0.1) is 0 Å². The summed E-state index contributed by atoms with van der Waals surface area (Å²) in [6.45, 7) is 0.198. The van der Waals surface area contributed by atoms with Crippen LogP contribution in [0.2, 0.25) is 0 Å². The number of ether oxygens (including phenoxy) is 3. The molecule has 1 fully saturated rings. The van der Waals surface area contributed by atoms with Gasteiger partial charge < -0.3 is 24.8 Å². The summed E-state index contributed by atoms with van der Waals surface area (Å²) in [5.41, 5.74) is 1.91. The van der Waals surface area contributed by atoms with Gasteiger partial charge in [0.15, 0.2) is 23.1 Å². The first-order valence-corrected chi connectivity index (χ1v) is 12.3. The Kier molecular flexibility index (Phi) is 7.22. The fourth-order valence-corrected chi connectivity index (χ4v) is 4.68. The van der Waals surface area contributed by atoms with Crippen molar-refractivity contribution in [3.8, 4) is 17.2 Å². The Morgan fingerprint density at radius 1 is 0.971 bits per heavy atom. The lowest BCUT2D eigenvalue weighted by Gasteiger charge is -2.15. The second kappa shape index (κ2) is 10.3. The van der Waals surface area contributed by atoms with Gasteiger partial charge in [-0.05, 0) is 30.5 Å². The van der Waals surface area contributed by atoms with Crippen molar-refractivity contribution >= 4 is 33.2 Å². The lowest BCUT2D eigenvalue weighted by molar-refractivity contribution is 0.324. The number of halogens is 1. The summed E-state index contributed by atoms with van der Waals surface area (Å²) in [6, 6.07) is 10.3. The predicted octanol–water partition coefficient (Wildman–Crippen LogP) is 3.71. The van der Waals surface area contributed by atoms with Crippen LogP contribution in [0.15, 0.2) is 42.6 Å². The minimum Gasteiger partial charge on any atom is -0.493 e. The van der Waals surface area contributed by atoms with Crippen molar-refractivity contribution < 1.29 is 27.0 Å². The van der Waals surface area contributed by atoms with Crippen molar-refractivity contribution in [2.75, 3.05) is 32.0 Å². The molecule has 1 heterocycles. The molecule has 3 N–H and O–H groups in total. The summed E-state index contributed by atoms with van der Waals surface area (Å²) < 4.78 is 56.9. The molecule has 1 aliphatic carbocycles. The molecule has 0 atom stereocenters. The number of rotatable bonds is 11. The first kappa shape index (κ1) is 24.5. The zero-order valence-corrected chi connectivity index (χ0v) is 20.3. The molecule has 1 aromatic heterocycles. The molecule has 0 bridgehead atoms. The van der Waals surface area contributed by atoms with E-state index in [4.69, 9.17) is 14.2 Å². The average Bonchev–Trinajstić information content (AvgIpc) is 3.71. The number of nitrogens with zero attached hydrogens (tertiary/aromatic N) is 2. The molecule has 3 aromatic rings. The summed E-state index contributed by atoms with van der Waals surface area (Å²) in [7, 11) is 1.26. The first-order chi connectivity index (χ1) is 16.8. The van der Waals surface area contributed by atoms with Gasteiger partial charge >= 0.3 is 0 Å². The molecule has 0 amide bonds. The topological polar surface area (TPSA) is 124 Å². The number of anilines is 4. The van der Waals surface area contributed by atoms with Gasteiger partial charge in [-0.3, -0.25) is 0 Å². The molecule has 35 heavy (non-hydrogen) atoms. The maximum atomic E-state index is 14.4. The van der Waals surface area contributed by atoms with Crippen molar-refractivity contribution in [3.63, 3.8) is 0 Å². The van der Waals surface area contributed by atoms with Crippen LogP contribution < -0.4 is 29.6 Å². The molecular formula is C23H26FN5O5S. The Bertz CT molecular complexity index is 1280. The number of benzene rings is 2. The Morgan fingerprint density at radius 2 is 1.63 bits per heavy atom. The van der Waals surface area contributed by atoms with Crippen LogP contribution in [0.4, 0.5) is 27.5 Å². The van der Waals surface area contributed by atoms with E-state index < -0.39 is 15.8 Å². The molecule has 0 spiro atoms. The van der Waals surface area contributed by atoms with Gasteiger partial charge in [-0.2, -0.15) is 4.98 Å². The van der Waals surface area contributed by atoms with Crippen LogP contribution in [0.3, 0.4) is 0 Å². The van der Waals surface area contributed by atoms with Crippen molar-refractivity contribution in [2.45, 2.75) is 24.6 Å². The minimum atomic E-state index is -3.26. The zero-order valence-electron chi connectivity index (χ0n) is 19.5. The average molecular weight is 504 g/mol. The number of aromatic nitrogens is 2. The Balaban J connectivity index is 1.46. The van der Waals surface area contributed by atoms with Crippen LogP contribution in [-0.2, 0) is 16.6 Å². The van der Waals surface area contributed by atoms with Crippen molar-refractivity contribution in [3.05, 3.63) is 54.0 Å². The minimum absolute atomic E-state index is 0.0304. The lowest BCUT2D eigenvalue weighted by Crippen LogP contribution is -2.26. The van der Waals surface area contributed by atoms with E-state index >= 15 is 0 Å². The van der Waals surface area contributed by atoms with Gasteiger partial charge in [-0.25, -0.2) is 22.5 Å². The fraction of sp³-hybridized carbons (Fsp3) is 0.304. The summed E-state index contributed by atoms with van der Waals surface area (Å²) in [6.07, 6.45) is 2.47. The highest BCUT2D eigenvalue weighted by atomic mass is 32.2. The number of hydrogen-bond donors (Lipinski definition) is 3. The normalized spacial score (nSPS) is 13.3. The molecule has 1 aliphatic rings. The van der Waals surface area contributed by atoms with Gasteiger partial charge in [0.25, 0.3) is 0 Å². The Hall–Kier alpha value is -3.64. The van der Waals surface area contributed by atoms with Gasteiger partial charge in [-0.1, -0.05) is 12.1 Å². The molecule has 0 unspecified atom stereocenters. The summed E-state index contributed by atoms with van der Waals surface area (Å²) in [5, 5.41) is 5.65. The molecule has 4 rings (SSSR count). The van der Waals surface area contributed by atoms with Crippen LogP contribution in [0.5, 0.6) is 17.2 Å². The predicted molar refractivity (Wildman–Crippen MR) is 130 cm³/mol. The highest BCUT2D eigenvalue weighted by molar-refractivity contribution is 7.90. The van der Waals surface area contributed by atoms with Crippen LogP contribution in [0.25, 0.3) is 0 Å². The first-order valence-electron chi connectivity index (χ1n) is 10.8. The lowest BCUT2D eigenvalue weighted by atomic mass is 10.2. The molecule has 10 nitrogen and oxygen atoms in total. The van der Waals surface area contributed by atoms with E-state index in [1.165, 1.54) is 21.3 Å². The summed E-state index contributed by atoms with van der Waals surface area (Å²) in [5.74, 6) is 0.795. The van der Waals surface area contributed by atoms with E-state index in [-0.39, 0.29) is 23.6 Å². The highest BCUT2D eigenvalue weighted by Crippen LogP contribution is 2.40. The van der Waals surface area contributed by atoms with E-state index in [9.17, 15) is 12.8 Å². The number of nitrogens with one attached hydrogen (secondary N) is 3. The number of hydrogen-bond acceptors (Lipinski definition) is 9. The Labute approximate surface area is 202 Å². The molecule has 2 aromatic carbocycles. The van der Waals surface area contributed by atoms with Gasteiger partial charge in [0.1, 0.15) is 0 Å². The standard InChI is InChI=1S/C23H26FN5O5S/c1-32-19-10-16(11-20(33-2)21(19)34-3)28-23-25-13-18(24)22(29-23)27-15-6-4-14(5-7-15)12-26-35(30,31)17-8-9-17/h4-7,10-11,13,17,26H,8-9,12H2,1-3H3,(H2,25,27,28,29). The zero-order chi connectivity index (χ0) is 25.0. The maximum absolute atomic E-state index is 14.4. The van der Waals surface area contributed by atoms with Crippen molar-refractivity contribution in [1.82, 2.24) is 14.7 Å². The largest absolute Gasteiger partial charge is 0.493 e. The van der Waals surface area contributed by atoms with Crippen LogP contribution in [0, 0.1) is 5.82 Å². The van der Waals surface area contributed by atoms with Crippen LogP contribution in [-0.4, -0.2) is 45.0 Å². The summed E-state index contributed by atoms with van der Waals surface area (Å²) >= 11 is 0. The van der Waals surface area contributed by atoms with E-state index in [1.54, 1.807) is 36.4 Å². The molecule has 0 radical (unpaired) electrons. The third-order valence-corrected chi connectivity index (χ3v) is 7.22. The van der Waals surface area contributed by atoms with Gasteiger partial charge in [0.05, 0.1) is 32.8 Å². The van der Waals surface area contributed by atoms with E-state index in [0.29, 0.717) is 41.5 Å². The third kappa shape index (κ3) is 5.89. The van der Waals surface area contributed by atoms with Crippen LogP contribution in [0.1, 0.15) is 18.4 Å². The van der Waals surface area contributed by atoms with Crippen molar-refractivity contribution in [1.29, 1.82) is 0 Å². The monoisotopic (exact) mass is 503 g/mol. The van der Waals surface area contributed by atoms with Gasteiger partial charge in [0.2, 0.25) is 21.7 Å². The molecular weight excluding hydrogens is 477 g/mol. The molecule has 1 saturated carbocycles. The SMILES string of the molecule is COc1cc(Nc2ncc(F)c(Nc3ccc(CNS(=O)(=O)C4CC4)cc3)n2)cc(OC)c1OC. The number of sulfonamides is 1. The highest BCUT2D eigenvalue weighted by Gasteiger charge is 2.35. The van der Waals surface area contributed by atoms with Crippen molar-refractivity contribution in [2.24, 2.45) is 0 Å². The van der Waals surface area contributed by atoms with Gasteiger partial charge in [0, 0.05) is 30.1 Å². The summed E-state index contributed by atoms with van der Waals surface area (Å²) in [4.78, 5) is 8.22. The molecule has 12 heteroatoms. The smallest absolute Gasteiger partial charge is 0.229 e. The molecule has 0 saturated heterocycles. The fourth-order valence-electron chi connectivity index (χ4n) is 3.32. The number of methoxy groups -OCH3 is 3. The third-order valence-electron chi connectivity index (χ3n) is 5.32. The second-order valence-corrected chi connectivity index (χ2v) is 9.86. The maximum Gasteiger partial charge on any atom is 0.229 e. The second-order valence-electron chi connectivity index (χ2n) is 7.82. The molecule has 0 aliphatic heterocycles. The van der Waals surface area contributed by atoms with E-state index in [1.807, 2.05) is 0 Å². The van der Waals surface area contributed by atoms with E-state index in [0.717, 1.165) is 11.8 Å². The Morgan fingerprint density at radius 3 is 2.20 bits per heavy atom. The quantitative estimate of drug-likeness (QED) is 0.359. The van der Waals surface area contributed by atoms with E-state index in [2.05, 4.69) is 25.3 Å². The van der Waals surface area contributed by atoms with Crippen LogP contribution >= 0.6 is 0 Å². The molecule has 186 valence electrons.